The number of hydrogen-bond donors (Lipinski definition) is 0. The van der Waals surface area contributed by atoms with Crippen LogP contribution in [0.4, 0.5) is 41.6 Å². The number of nitriles is 5. The molecule has 12 aromatic rings. The number of aromatic nitrogens is 2. The van der Waals surface area contributed by atoms with E-state index in [0.717, 1.165) is 12.1 Å². The Hall–Kier alpha value is -13.5. The molecule has 0 unspecified atom stereocenters. The van der Waals surface area contributed by atoms with E-state index < -0.39 is 11.7 Å². The Morgan fingerprint density at radius 1 is 0.326 bits per heavy atom. The summed E-state index contributed by atoms with van der Waals surface area (Å²) < 4.78 is 46.9. The van der Waals surface area contributed by atoms with Crippen molar-refractivity contribution in [3.05, 3.63) is 266 Å². The van der Waals surface area contributed by atoms with Gasteiger partial charge >= 0.3 is 6.18 Å². The maximum absolute atomic E-state index is 14.3. The molecule has 0 N–H and O–H groups in total. The van der Waals surface area contributed by atoms with Crippen molar-refractivity contribution in [1.82, 2.24) is 9.13 Å². The maximum atomic E-state index is 14.3. The van der Waals surface area contributed by atoms with Gasteiger partial charge < -0.3 is 9.13 Å². The van der Waals surface area contributed by atoms with Gasteiger partial charge in [-0.05, 0) is 183 Å². The number of nitrogens with zero attached hydrogens (tertiary/aromatic N) is 12. The molecule has 0 saturated heterocycles. The molecule has 0 spiro atoms. The predicted octanol–water partition coefficient (Wildman–Crippen LogP) is 19.3. The van der Waals surface area contributed by atoms with Crippen LogP contribution < -0.4 is 0 Å². The summed E-state index contributed by atoms with van der Waals surface area (Å²) in [4.78, 5) is 18.5. The molecule has 12 nitrogen and oxygen atoms in total. The Bertz CT molecular complexity index is 5100. The normalized spacial score (nSPS) is 10.8. The van der Waals surface area contributed by atoms with Crippen LogP contribution in [-0.2, 0) is 6.18 Å². The number of rotatable bonds is 7. The highest BCUT2D eigenvalue weighted by Crippen LogP contribution is 2.47. The van der Waals surface area contributed by atoms with E-state index in [0.29, 0.717) is 99.5 Å². The Labute approximate surface area is 488 Å². The monoisotopic (exact) mass is 1110 g/mol. The van der Waals surface area contributed by atoms with E-state index in [9.17, 15) is 39.5 Å². The average Bonchev–Trinajstić information content (AvgIpc) is 1.70. The highest BCUT2D eigenvalue weighted by Gasteiger charge is 2.32. The average molecular weight is 1110 g/mol. The minimum atomic E-state index is -4.80. The van der Waals surface area contributed by atoms with Crippen LogP contribution in [0, 0.1) is 89.5 Å². The second-order valence-electron chi connectivity index (χ2n) is 19.9. The van der Waals surface area contributed by atoms with E-state index >= 15 is 0 Å². The number of fused-ring (bicyclic) bond motifs is 6. The molecule has 0 fully saturated rings. The Morgan fingerprint density at radius 3 is 1.05 bits per heavy atom. The standard InChI is InChI=1S/C71H29F3N12/c1-80-54-21-42(37-77)19-49(24-54)45-7-13-66-61(29-45)60-28-44(48-17-40(35-75)16-41(18-48)36-76)6-12-65(60)85(66)69-33-59(58-11-10-53(71(72,73)74)23-52(58)39-79)64(84-5)34-70(69)86-67-14-8-46(50-20-43(38-78)22-55(25-50)81-2)30-62(67)63-31-47(9-15-68(63)86)51-26-56(82-3)32-57(27-51)83-4/h6-34H. The third-order valence-corrected chi connectivity index (χ3v) is 15.0. The van der Waals surface area contributed by atoms with Crippen molar-refractivity contribution in [2.45, 2.75) is 6.18 Å². The molecule has 0 saturated carbocycles. The smallest absolute Gasteiger partial charge is 0.308 e. The van der Waals surface area contributed by atoms with E-state index in [4.69, 9.17) is 32.9 Å². The van der Waals surface area contributed by atoms with Crippen LogP contribution in [0.1, 0.15) is 33.4 Å². The van der Waals surface area contributed by atoms with Gasteiger partial charge in [0, 0.05) is 32.7 Å². The predicted molar refractivity (Wildman–Crippen MR) is 322 cm³/mol. The lowest BCUT2D eigenvalue weighted by Crippen LogP contribution is -2.06. The van der Waals surface area contributed by atoms with Crippen LogP contribution in [-0.4, -0.2) is 9.13 Å². The van der Waals surface area contributed by atoms with Crippen molar-refractivity contribution in [2.24, 2.45) is 0 Å². The van der Waals surface area contributed by atoms with Crippen molar-refractivity contribution >= 4 is 72.0 Å². The van der Waals surface area contributed by atoms with Gasteiger partial charge in [0.05, 0.1) is 119 Å². The van der Waals surface area contributed by atoms with Gasteiger partial charge in [-0.1, -0.05) is 48.5 Å². The molecule has 10 aromatic carbocycles. The summed E-state index contributed by atoms with van der Waals surface area (Å²) in [6.07, 6.45) is -4.80. The largest absolute Gasteiger partial charge is 0.416 e. The Morgan fingerprint density at radius 2 is 0.686 bits per heavy atom. The van der Waals surface area contributed by atoms with Gasteiger partial charge in [-0.15, -0.1) is 0 Å². The van der Waals surface area contributed by atoms with E-state index in [2.05, 4.69) is 48.5 Å². The van der Waals surface area contributed by atoms with Crippen molar-refractivity contribution < 1.29 is 13.2 Å². The zero-order valence-electron chi connectivity index (χ0n) is 44.2. The number of hydrogen-bond acceptors (Lipinski definition) is 5. The van der Waals surface area contributed by atoms with Crippen LogP contribution >= 0.6 is 0 Å². The SMILES string of the molecule is [C-]#[N+]c1cc(C#N)cc(-c2ccc3c(c2)c2cc(-c4cc([N+]#[C-])cc([N+]#[C-])c4)ccc2n3-c2cc([N+]#[C-])c(-c3ccc(C(F)(F)F)cc3C#N)cc2-n2c3ccc(-c4cc(C#N)cc(C#N)c4)cc3c3cc(-c4cc(C#N)cc([N+]#[C-])c4)ccc32)c1. The maximum Gasteiger partial charge on any atom is 0.416 e. The molecule has 15 heteroatoms. The van der Waals surface area contributed by atoms with E-state index in [1.807, 2.05) is 88.0 Å². The fraction of sp³-hybridized carbons (Fsp3) is 0.0141. The minimum absolute atomic E-state index is 0.0186. The van der Waals surface area contributed by atoms with Crippen LogP contribution in [0.25, 0.3) is 135 Å². The van der Waals surface area contributed by atoms with Crippen molar-refractivity contribution in [1.29, 1.82) is 26.3 Å². The molecular formula is C71H29F3N12. The van der Waals surface area contributed by atoms with Crippen molar-refractivity contribution in [3.63, 3.8) is 0 Å². The lowest BCUT2D eigenvalue weighted by Gasteiger charge is -2.20. The van der Waals surface area contributed by atoms with Crippen LogP contribution in [0.2, 0.25) is 0 Å². The summed E-state index contributed by atoms with van der Waals surface area (Å²) >= 11 is 0. The molecule has 0 bridgehead atoms. The third-order valence-electron chi connectivity index (χ3n) is 15.0. The molecular weight excluding hydrogens is 1080 g/mol. The van der Waals surface area contributed by atoms with Gasteiger partial charge in [0.2, 0.25) is 0 Å². The molecule has 0 atom stereocenters. The first-order chi connectivity index (χ1) is 41.7. The van der Waals surface area contributed by atoms with Gasteiger partial charge in [0.15, 0.2) is 28.4 Å². The van der Waals surface area contributed by atoms with E-state index in [1.165, 1.54) is 30.3 Å². The summed E-state index contributed by atoms with van der Waals surface area (Å²) in [7, 11) is 0. The van der Waals surface area contributed by atoms with E-state index in [-0.39, 0.29) is 67.4 Å². The highest BCUT2D eigenvalue weighted by atomic mass is 19.4. The Kier molecular flexibility index (Phi) is 12.9. The molecule has 0 aliphatic rings. The van der Waals surface area contributed by atoms with E-state index in [1.54, 1.807) is 60.7 Å². The fourth-order valence-electron chi connectivity index (χ4n) is 11.2. The summed E-state index contributed by atoms with van der Waals surface area (Å²) in [6.45, 7) is 40.1. The minimum Gasteiger partial charge on any atom is -0.308 e. The molecule has 2 heterocycles. The van der Waals surface area contributed by atoms with Crippen molar-refractivity contribution in [2.75, 3.05) is 0 Å². The topological polar surface area (TPSA) is 151 Å². The molecule has 0 aliphatic carbocycles. The highest BCUT2D eigenvalue weighted by molar-refractivity contribution is 6.15. The second kappa shape index (κ2) is 20.9. The summed E-state index contributed by atoms with van der Waals surface area (Å²) in [5.41, 5.74) is 8.87. The molecule has 12 rings (SSSR count). The van der Waals surface area contributed by atoms with Crippen LogP contribution in [0.3, 0.4) is 0 Å². The zero-order valence-corrected chi connectivity index (χ0v) is 44.2. The van der Waals surface area contributed by atoms with Crippen LogP contribution in [0.5, 0.6) is 0 Å². The zero-order chi connectivity index (χ0) is 60.1. The lowest BCUT2D eigenvalue weighted by atomic mass is 9.95. The van der Waals surface area contributed by atoms with Crippen LogP contribution in [0.15, 0.2) is 176 Å². The molecule has 86 heavy (non-hydrogen) atoms. The first kappa shape index (κ1) is 53.1. The number of halogens is 3. The summed E-state index contributed by atoms with van der Waals surface area (Å²) in [6, 6.07) is 58.6. The summed E-state index contributed by atoms with van der Waals surface area (Å²) in [5, 5.41) is 53.3. The molecule has 0 radical (unpaired) electrons. The quantitative estimate of drug-likeness (QED) is 0.146. The molecule has 0 amide bonds. The molecule has 394 valence electrons. The second-order valence-corrected chi connectivity index (χ2v) is 19.9. The molecule has 2 aromatic heterocycles. The molecule has 0 aliphatic heterocycles. The fourth-order valence-corrected chi connectivity index (χ4v) is 11.2. The third kappa shape index (κ3) is 9.09. The van der Waals surface area contributed by atoms with Crippen molar-refractivity contribution in [3.8, 4) is 97.4 Å². The van der Waals surface area contributed by atoms with Gasteiger partial charge in [0.1, 0.15) is 0 Å². The van der Waals surface area contributed by atoms with Gasteiger partial charge in [-0.3, -0.25) is 0 Å². The summed E-state index contributed by atoms with van der Waals surface area (Å²) in [5.74, 6) is 0. The number of benzene rings is 10. The van der Waals surface area contributed by atoms with Gasteiger partial charge in [-0.25, -0.2) is 24.2 Å². The Balaban J connectivity index is 1.23. The first-order valence-electron chi connectivity index (χ1n) is 25.8. The van der Waals surface area contributed by atoms with Gasteiger partial charge in [-0.2, -0.15) is 39.5 Å². The first-order valence-corrected chi connectivity index (χ1v) is 25.8. The lowest BCUT2D eigenvalue weighted by molar-refractivity contribution is -0.137. The number of alkyl halides is 3. The van der Waals surface area contributed by atoms with Gasteiger partial charge in [0.25, 0.3) is 0 Å².